The van der Waals surface area contributed by atoms with Crippen LogP contribution in [0.3, 0.4) is 0 Å². The predicted molar refractivity (Wildman–Crippen MR) is 115 cm³/mol. The fraction of sp³-hybridized carbons (Fsp3) is 0.100. The van der Waals surface area contributed by atoms with E-state index in [1.165, 1.54) is 12.1 Å². The van der Waals surface area contributed by atoms with E-state index in [1.54, 1.807) is 18.2 Å². The highest BCUT2D eigenvalue weighted by Gasteiger charge is 2.07. The molecule has 0 heterocycles. The molecule has 3 rings (SSSR count). The number of anilines is 1. The van der Waals surface area contributed by atoms with Crippen LogP contribution in [0.1, 0.15) is 11.1 Å². The Morgan fingerprint density at radius 2 is 1.68 bits per heavy atom. The quantitative estimate of drug-likeness (QED) is 0.296. The van der Waals surface area contributed by atoms with Gasteiger partial charge in [0, 0.05) is 28.8 Å². The molecule has 5 nitrogen and oxygen atoms in total. The summed E-state index contributed by atoms with van der Waals surface area (Å²) in [6.45, 7) is 0.854. The number of nitro groups is 1. The minimum Gasteiger partial charge on any atom is -0.487 e. The van der Waals surface area contributed by atoms with Crippen LogP contribution < -0.4 is 10.1 Å². The lowest BCUT2D eigenvalue weighted by molar-refractivity contribution is -0.384. The molecule has 1 N–H and O–H groups in total. The van der Waals surface area contributed by atoms with E-state index in [9.17, 15) is 10.1 Å². The molecule has 0 amide bonds. The molecule has 8 heteroatoms. The Labute approximate surface area is 180 Å². The number of benzene rings is 3. The van der Waals surface area contributed by atoms with Gasteiger partial charge in [-0.25, -0.2) is 0 Å². The molecule has 0 aliphatic rings. The Morgan fingerprint density at radius 3 is 2.32 bits per heavy atom. The van der Waals surface area contributed by atoms with Gasteiger partial charge in [0.2, 0.25) is 0 Å². The van der Waals surface area contributed by atoms with Crippen LogP contribution in [-0.2, 0) is 13.2 Å². The molecular formula is C20H15BrCl2N2O3. The largest absolute Gasteiger partial charge is 0.487 e. The number of halogens is 3. The van der Waals surface area contributed by atoms with Gasteiger partial charge < -0.3 is 10.1 Å². The van der Waals surface area contributed by atoms with Crippen LogP contribution in [0.25, 0.3) is 0 Å². The molecule has 144 valence electrons. The standard InChI is InChI=1S/C20H15BrCl2N2O3/c21-17-7-4-15(10-18(17)22)24-11-14-3-8-20(19(23)9-14)28-12-13-1-5-16(6-2-13)25(26)27/h1-10,24H,11-12H2. The van der Waals surface area contributed by atoms with Crippen molar-refractivity contribution >= 4 is 50.5 Å². The highest BCUT2D eigenvalue weighted by atomic mass is 79.9. The number of non-ortho nitro benzene ring substituents is 1. The van der Waals surface area contributed by atoms with E-state index in [1.807, 2.05) is 30.3 Å². The maximum absolute atomic E-state index is 10.7. The summed E-state index contributed by atoms with van der Waals surface area (Å²) in [5.41, 5.74) is 2.76. The van der Waals surface area contributed by atoms with Crippen LogP contribution in [0.2, 0.25) is 10.0 Å². The maximum Gasteiger partial charge on any atom is 0.269 e. The van der Waals surface area contributed by atoms with Crippen LogP contribution in [-0.4, -0.2) is 4.92 Å². The van der Waals surface area contributed by atoms with Gasteiger partial charge >= 0.3 is 0 Å². The monoisotopic (exact) mass is 480 g/mol. The first-order valence-corrected chi connectivity index (χ1v) is 9.81. The molecule has 0 atom stereocenters. The second-order valence-electron chi connectivity index (χ2n) is 5.96. The lowest BCUT2D eigenvalue weighted by Crippen LogP contribution is -2.01. The van der Waals surface area contributed by atoms with Crippen LogP contribution in [0.5, 0.6) is 5.75 Å². The van der Waals surface area contributed by atoms with Gasteiger partial charge in [0.25, 0.3) is 5.69 Å². The van der Waals surface area contributed by atoms with Crippen molar-refractivity contribution in [2.24, 2.45) is 0 Å². The molecule has 3 aromatic carbocycles. The van der Waals surface area contributed by atoms with Crippen LogP contribution in [0.15, 0.2) is 65.1 Å². The number of nitro benzene ring substituents is 1. The lowest BCUT2D eigenvalue weighted by atomic mass is 10.2. The van der Waals surface area contributed by atoms with Crippen LogP contribution in [0.4, 0.5) is 11.4 Å². The summed E-state index contributed by atoms with van der Waals surface area (Å²) >= 11 is 15.8. The molecule has 0 unspecified atom stereocenters. The number of hydrogen-bond donors (Lipinski definition) is 1. The minimum atomic E-state index is -0.434. The number of rotatable bonds is 7. The zero-order valence-electron chi connectivity index (χ0n) is 14.5. The van der Waals surface area contributed by atoms with Crippen molar-refractivity contribution in [1.29, 1.82) is 0 Å². The van der Waals surface area contributed by atoms with Gasteiger partial charge in [-0.1, -0.05) is 29.3 Å². The van der Waals surface area contributed by atoms with E-state index in [2.05, 4.69) is 21.2 Å². The Hall–Kier alpha value is -2.28. The highest BCUT2D eigenvalue weighted by molar-refractivity contribution is 9.10. The fourth-order valence-corrected chi connectivity index (χ4v) is 3.14. The summed E-state index contributed by atoms with van der Waals surface area (Å²) in [6, 6.07) is 17.4. The van der Waals surface area contributed by atoms with Gasteiger partial charge in [-0.15, -0.1) is 0 Å². The van der Waals surface area contributed by atoms with E-state index >= 15 is 0 Å². The van der Waals surface area contributed by atoms with Crippen molar-refractivity contribution in [2.75, 3.05) is 5.32 Å². The van der Waals surface area contributed by atoms with Crippen molar-refractivity contribution in [1.82, 2.24) is 0 Å². The molecule has 0 aliphatic carbocycles. The van der Waals surface area contributed by atoms with Crippen molar-refractivity contribution in [2.45, 2.75) is 13.2 Å². The average Bonchev–Trinajstić information content (AvgIpc) is 2.68. The van der Waals surface area contributed by atoms with Crippen LogP contribution >= 0.6 is 39.1 Å². The molecule has 0 bridgehead atoms. The first kappa shape index (κ1) is 20.5. The normalized spacial score (nSPS) is 10.5. The SMILES string of the molecule is O=[N+]([O-])c1ccc(COc2ccc(CNc3ccc(Br)c(Cl)c3)cc2Cl)cc1. The smallest absolute Gasteiger partial charge is 0.269 e. The van der Waals surface area contributed by atoms with Gasteiger partial charge in [0.1, 0.15) is 12.4 Å². The van der Waals surface area contributed by atoms with Gasteiger partial charge in [-0.3, -0.25) is 10.1 Å². The molecule has 0 spiro atoms. The summed E-state index contributed by atoms with van der Waals surface area (Å²) in [5.74, 6) is 0.551. The number of hydrogen-bond acceptors (Lipinski definition) is 4. The van der Waals surface area contributed by atoms with Gasteiger partial charge in [-0.2, -0.15) is 0 Å². The molecule has 3 aromatic rings. The maximum atomic E-state index is 10.7. The first-order valence-electron chi connectivity index (χ1n) is 8.26. The molecule has 0 aromatic heterocycles. The van der Waals surface area contributed by atoms with Crippen molar-refractivity contribution in [3.8, 4) is 5.75 Å². The topological polar surface area (TPSA) is 64.4 Å². The zero-order valence-corrected chi connectivity index (χ0v) is 17.6. The van der Waals surface area contributed by atoms with Crippen LogP contribution in [0, 0.1) is 10.1 Å². The Balaban J connectivity index is 1.58. The summed E-state index contributed by atoms with van der Waals surface area (Å²) in [6.07, 6.45) is 0. The molecule has 28 heavy (non-hydrogen) atoms. The van der Waals surface area contributed by atoms with Crippen molar-refractivity contribution < 1.29 is 9.66 Å². The summed E-state index contributed by atoms with van der Waals surface area (Å²) in [4.78, 5) is 10.3. The minimum absolute atomic E-state index is 0.0469. The molecular weight excluding hydrogens is 467 g/mol. The molecule has 0 saturated carbocycles. The Kier molecular flexibility index (Phi) is 6.78. The van der Waals surface area contributed by atoms with Crippen molar-refractivity contribution in [3.05, 3.63) is 96.4 Å². The third-order valence-electron chi connectivity index (χ3n) is 3.95. The molecule has 0 radical (unpaired) electrons. The van der Waals surface area contributed by atoms with Gasteiger partial charge in [0.15, 0.2) is 0 Å². The average molecular weight is 482 g/mol. The summed E-state index contributed by atoms with van der Waals surface area (Å²) in [7, 11) is 0. The Morgan fingerprint density at radius 1 is 0.964 bits per heavy atom. The number of ether oxygens (including phenoxy) is 1. The molecule has 0 saturated heterocycles. The number of nitrogens with zero attached hydrogens (tertiary/aromatic N) is 1. The van der Waals surface area contributed by atoms with Gasteiger partial charge in [-0.05, 0) is 69.5 Å². The zero-order chi connectivity index (χ0) is 20.1. The van der Waals surface area contributed by atoms with E-state index in [0.717, 1.165) is 21.3 Å². The molecule has 0 aliphatic heterocycles. The summed E-state index contributed by atoms with van der Waals surface area (Å²) in [5, 5.41) is 15.1. The first-order chi connectivity index (χ1) is 13.4. The number of nitrogens with one attached hydrogen (secondary N) is 1. The summed E-state index contributed by atoms with van der Waals surface area (Å²) < 4.78 is 6.57. The third kappa shape index (κ3) is 5.38. The predicted octanol–water partition coefficient (Wildman–Crippen LogP) is 6.86. The fourth-order valence-electron chi connectivity index (χ4n) is 2.46. The Bertz CT molecular complexity index is 997. The van der Waals surface area contributed by atoms with Gasteiger partial charge in [0.05, 0.1) is 15.0 Å². The van der Waals surface area contributed by atoms with E-state index in [4.69, 9.17) is 27.9 Å². The third-order valence-corrected chi connectivity index (χ3v) is 5.48. The molecule has 0 fully saturated rings. The van der Waals surface area contributed by atoms with E-state index < -0.39 is 4.92 Å². The van der Waals surface area contributed by atoms with E-state index in [0.29, 0.717) is 22.3 Å². The van der Waals surface area contributed by atoms with E-state index in [-0.39, 0.29) is 12.3 Å². The lowest BCUT2D eigenvalue weighted by Gasteiger charge is -2.11. The van der Waals surface area contributed by atoms with Crippen molar-refractivity contribution in [3.63, 3.8) is 0 Å². The second kappa shape index (κ2) is 9.28. The second-order valence-corrected chi connectivity index (χ2v) is 7.63. The highest BCUT2D eigenvalue weighted by Crippen LogP contribution is 2.28.